The van der Waals surface area contributed by atoms with Crippen LogP contribution in [0.1, 0.15) is 47.2 Å². The molecule has 270 valence electrons. The third kappa shape index (κ3) is 4.95. The molecule has 57 heavy (non-hydrogen) atoms. The fourth-order valence-electron chi connectivity index (χ4n) is 10.1. The van der Waals surface area contributed by atoms with Crippen LogP contribution in [0.2, 0.25) is 0 Å². The van der Waals surface area contributed by atoms with Crippen molar-refractivity contribution in [3.63, 3.8) is 0 Å². The molecule has 0 aromatic heterocycles. The van der Waals surface area contributed by atoms with Gasteiger partial charge in [-0.05, 0) is 108 Å². The van der Waals surface area contributed by atoms with Crippen molar-refractivity contribution < 1.29 is 0 Å². The molecule has 2 aliphatic rings. The van der Waals surface area contributed by atoms with Gasteiger partial charge in [-0.3, -0.25) is 0 Å². The number of rotatable bonds is 5. The van der Waals surface area contributed by atoms with Crippen LogP contribution < -0.4 is 4.90 Å². The molecular weight excluding hydrogens is 687 g/mol. The Bertz CT molecular complexity index is 2920. The lowest BCUT2D eigenvalue weighted by atomic mass is 9.55. The Balaban J connectivity index is 1.15. The van der Waals surface area contributed by atoms with Gasteiger partial charge in [-0.15, -0.1) is 0 Å². The van der Waals surface area contributed by atoms with Crippen molar-refractivity contribution in [1.82, 2.24) is 0 Å². The standard InChI is InChI=1S/C56H41N/c1-55(2)48-21-10-12-23-50(48)56(51-24-13-11-22-49(51)55)47-20-9-8-19-46(47)54-52(56)25-14-26-53(54)57(44-33-29-40(30-34-44)38-15-4-3-5-16-38)45-35-31-41(32-36-45)43-28-27-39-17-6-7-18-42(39)37-43/h3-37H,1-2H3. The number of benzene rings is 9. The summed E-state index contributed by atoms with van der Waals surface area (Å²) in [6.07, 6.45) is 0. The minimum absolute atomic E-state index is 0.146. The lowest BCUT2D eigenvalue weighted by molar-refractivity contribution is 0.563. The summed E-state index contributed by atoms with van der Waals surface area (Å²) in [5, 5.41) is 2.51. The minimum Gasteiger partial charge on any atom is -0.310 e. The number of fused-ring (bicyclic) bond motifs is 10. The van der Waals surface area contributed by atoms with E-state index in [-0.39, 0.29) is 5.41 Å². The van der Waals surface area contributed by atoms with Gasteiger partial charge >= 0.3 is 0 Å². The second-order valence-electron chi connectivity index (χ2n) is 16.1. The highest BCUT2D eigenvalue weighted by molar-refractivity contribution is 5.98. The van der Waals surface area contributed by atoms with Crippen LogP contribution in [0.5, 0.6) is 0 Å². The molecule has 11 rings (SSSR count). The lowest BCUT2D eigenvalue weighted by Crippen LogP contribution is -2.40. The van der Waals surface area contributed by atoms with Crippen molar-refractivity contribution in [2.45, 2.75) is 24.7 Å². The van der Waals surface area contributed by atoms with Gasteiger partial charge in [0.25, 0.3) is 0 Å². The molecule has 1 nitrogen and oxygen atoms in total. The Morgan fingerprint density at radius 3 is 1.46 bits per heavy atom. The first kappa shape index (κ1) is 33.4. The molecule has 0 fully saturated rings. The quantitative estimate of drug-likeness (QED) is 0.171. The molecule has 0 saturated heterocycles. The van der Waals surface area contributed by atoms with Gasteiger partial charge in [0.15, 0.2) is 0 Å². The lowest BCUT2D eigenvalue weighted by Gasteiger charge is -2.46. The first-order valence-corrected chi connectivity index (χ1v) is 20.0. The van der Waals surface area contributed by atoms with Crippen LogP contribution in [0.3, 0.4) is 0 Å². The van der Waals surface area contributed by atoms with Gasteiger partial charge in [0.05, 0.1) is 11.1 Å². The summed E-state index contributed by atoms with van der Waals surface area (Å²) in [4.78, 5) is 2.47. The first-order valence-electron chi connectivity index (χ1n) is 20.0. The van der Waals surface area contributed by atoms with Gasteiger partial charge in [-0.25, -0.2) is 0 Å². The summed E-state index contributed by atoms with van der Waals surface area (Å²) in [5.41, 5.74) is 18.4. The van der Waals surface area contributed by atoms with Crippen molar-refractivity contribution in [3.8, 4) is 33.4 Å². The van der Waals surface area contributed by atoms with E-state index in [9.17, 15) is 0 Å². The molecule has 0 amide bonds. The molecule has 0 bridgehead atoms. The van der Waals surface area contributed by atoms with E-state index in [4.69, 9.17) is 0 Å². The normalized spacial score (nSPS) is 14.1. The van der Waals surface area contributed by atoms with E-state index in [0.29, 0.717) is 0 Å². The molecule has 0 unspecified atom stereocenters. The van der Waals surface area contributed by atoms with Crippen molar-refractivity contribution >= 4 is 27.8 Å². The molecule has 0 aliphatic heterocycles. The topological polar surface area (TPSA) is 3.24 Å². The maximum absolute atomic E-state index is 2.47. The zero-order chi connectivity index (χ0) is 38.1. The third-order valence-electron chi connectivity index (χ3n) is 12.7. The van der Waals surface area contributed by atoms with Gasteiger partial charge in [-0.2, -0.15) is 0 Å². The molecule has 9 aromatic rings. The second kappa shape index (κ2) is 12.8. The molecule has 0 heterocycles. The Morgan fingerprint density at radius 2 is 0.807 bits per heavy atom. The Kier molecular flexibility index (Phi) is 7.50. The molecule has 1 heteroatoms. The number of hydrogen-bond donors (Lipinski definition) is 0. The predicted octanol–water partition coefficient (Wildman–Crippen LogP) is 14.6. The molecular formula is C56H41N. The number of anilines is 3. The van der Waals surface area contributed by atoms with Crippen LogP contribution >= 0.6 is 0 Å². The zero-order valence-electron chi connectivity index (χ0n) is 32.2. The van der Waals surface area contributed by atoms with Gasteiger partial charge in [0, 0.05) is 22.4 Å². The number of hydrogen-bond acceptors (Lipinski definition) is 1. The zero-order valence-corrected chi connectivity index (χ0v) is 32.2. The molecule has 9 aromatic carbocycles. The maximum Gasteiger partial charge on any atom is 0.0720 e. The van der Waals surface area contributed by atoms with Crippen molar-refractivity contribution in [2.75, 3.05) is 4.90 Å². The van der Waals surface area contributed by atoms with Crippen LogP contribution in [0, 0.1) is 0 Å². The monoisotopic (exact) mass is 727 g/mol. The summed E-state index contributed by atoms with van der Waals surface area (Å²) in [5.74, 6) is 0. The summed E-state index contributed by atoms with van der Waals surface area (Å²) in [7, 11) is 0. The largest absolute Gasteiger partial charge is 0.310 e. The maximum atomic E-state index is 2.47. The van der Waals surface area contributed by atoms with Gasteiger partial charge in [0.2, 0.25) is 0 Å². The fourth-order valence-corrected chi connectivity index (χ4v) is 10.1. The molecule has 2 aliphatic carbocycles. The highest BCUT2D eigenvalue weighted by Gasteiger charge is 2.53. The SMILES string of the molecule is CC1(C)c2ccccc2C2(c3ccccc3-c3c(N(c4ccc(-c5ccccc5)cc4)c4ccc(-c5ccc6ccccc6c5)cc4)cccc32)c2ccccc21. The first-order chi connectivity index (χ1) is 28.0. The van der Waals surface area contributed by atoms with Crippen LogP contribution in [-0.2, 0) is 10.8 Å². The van der Waals surface area contributed by atoms with Crippen molar-refractivity contribution in [1.29, 1.82) is 0 Å². The summed E-state index contributed by atoms with van der Waals surface area (Å²) in [6, 6.07) is 78.7. The van der Waals surface area contributed by atoms with E-state index >= 15 is 0 Å². The van der Waals surface area contributed by atoms with Crippen LogP contribution in [-0.4, -0.2) is 0 Å². The third-order valence-corrected chi connectivity index (χ3v) is 12.7. The van der Waals surface area contributed by atoms with Crippen LogP contribution in [0.4, 0.5) is 17.1 Å². The van der Waals surface area contributed by atoms with Gasteiger partial charge in [-0.1, -0.05) is 190 Å². The average Bonchev–Trinajstić information content (AvgIpc) is 3.58. The van der Waals surface area contributed by atoms with E-state index in [1.54, 1.807) is 0 Å². The summed E-state index contributed by atoms with van der Waals surface area (Å²) < 4.78 is 0. The molecule has 1 spiro atoms. The molecule has 0 radical (unpaired) electrons. The fraction of sp³-hybridized carbons (Fsp3) is 0.0714. The van der Waals surface area contributed by atoms with E-state index in [1.807, 2.05) is 0 Å². The second-order valence-corrected chi connectivity index (χ2v) is 16.1. The van der Waals surface area contributed by atoms with Gasteiger partial charge in [0.1, 0.15) is 0 Å². The Labute approximate surface area is 335 Å². The highest BCUT2D eigenvalue weighted by atomic mass is 15.1. The average molecular weight is 728 g/mol. The molecule has 0 saturated carbocycles. The van der Waals surface area contributed by atoms with Crippen molar-refractivity contribution in [2.24, 2.45) is 0 Å². The van der Waals surface area contributed by atoms with Crippen LogP contribution in [0.25, 0.3) is 44.2 Å². The predicted molar refractivity (Wildman–Crippen MR) is 239 cm³/mol. The Morgan fingerprint density at radius 1 is 0.333 bits per heavy atom. The number of nitrogens with zero attached hydrogens (tertiary/aromatic N) is 1. The van der Waals surface area contributed by atoms with Crippen molar-refractivity contribution in [3.05, 3.63) is 246 Å². The summed E-state index contributed by atoms with van der Waals surface area (Å²) >= 11 is 0. The van der Waals surface area contributed by atoms with E-state index < -0.39 is 5.41 Å². The molecule has 0 N–H and O–H groups in total. The summed E-state index contributed by atoms with van der Waals surface area (Å²) in [6.45, 7) is 4.77. The Hall–Kier alpha value is -6.96. The van der Waals surface area contributed by atoms with E-state index in [1.165, 1.54) is 83.2 Å². The van der Waals surface area contributed by atoms with Gasteiger partial charge < -0.3 is 4.90 Å². The minimum atomic E-state index is -0.465. The molecule has 0 atom stereocenters. The van der Waals surface area contributed by atoms with E-state index in [2.05, 4.69) is 231 Å². The highest BCUT2D eigenvalue weighted by Crippen LogP contribution is 2.64. The van der Waals surface area contributed by atoms with E-state index in [0.717, 1.165) is 11.4 Å². The van der Waals surface area contributed by atoms with Crippen LogP contribution in [0.15, 0.2) is 212 Å². The smallest absolute Gasteiger partial charge is 0.0720 e.